The molecule has 0 unspecified atom stereocenters. The molecular weight excluding hydrogens is 283 g/mol. The molecular formula is C13H16BrFN2. The second-order valence-electron chi connectivity index (χ2n) is 4.14. The summed E-state index contributed by atoms with van der Waals surface area (Å²) in [6, 6.07) is 5.32. The maximum atomic E-state index is 13.2. The minimum absolute atomic E-state index is 0.161. The minimum atomic E-state index is -0.225. The summed E-state index contributed by atoms with van der Waals surface area (Å²) in [4.78, 5) is 2.35. The quantitative estimate of drug-likeness (QED) is 0.863. The molecule has 1 heterocycles. The summed E-state index contributed by atoms with van der Waals surface area (Å²) in [7, 11) is 0. The van der Waals surface area contributed by atoms with E-state index in [4.69, 9.17) is 0 Å². The predicted octanol–water partition coefficient (Wildman–Crippen LogP) is 2.72. The van der Waals surface area contributed by atoms with Crippen molar-refractivity contribution in [3.63, 3.8) is 0 Å². The zero-order valence-electron chi connectivity index (χ0n) is 9.63. The Morgan fingerprint density at radius 1 is 1.41 bits per heavy atom. The molecule has 0 amide bonds. The van der Waals surface area contributed by atoms with Crippen LogP contribution in [0.2, 0.25) is 0 Å². The van der Waals surface area contributed by atoms with Crippen LogP contribution in [0.15, 0.2) is 35.3 Å². The average molecular weight is 299 g/mol. The van der Waals surface area contributed by atoms with E-state index in [1.807, 2.05) is 18.2 Å². The van der Waals surface area contributed by atoms with Crippen molar-refractivity contribution in [1.29, 1.82) is 0 Å². The van der Waals surface area contributed by atoms with Gasteiger partial charge < -0.3 is 5.32 Å². The number of hydrogen-bond donors (Lipinski definition) is 1. The number of benzene rings is 1. The maximum absolute atomic E-state index is 13.2. The van der Waals surface area contributed by atoms with Crippen LogP contribution in [-0.4, -0.2) is 31.1 Å². The van der Waals surface area contributed by atoms with Crippen LogP contribution in [0.1, 0.15) is 11.6 Å². The maximum Gasteiger partial charge on any atom is 0.137 e. The smallest absolute Gasteiger partial charge is 0.137 e. The van der Waals surface area contributed by atoms with Gasteiger partial charge in [-0.2, -0.15) is 0 Å². The van der Waals surface area contributed by atoms with E-state index < -0.39 is 0 Å². The molecule has 17 heavy (non-hydrogen) atoms. The number of rotatable bonds is 3. The third-order valence-corrected chi connectivity index (χ3v) is 3.66. The van der Waals surface area contributed by atoms with Crippen molar-refractivity contribution in [1.82, 2.24) is 10.2 Å². The summed E-state index contributed by atoms with van der Waals surface area (Å²) in [5.41, 5.74) is 1.08. The van der Waals surface area contributed by atoms with Crippen LogP contribution in [0, 0.1) is 5.82 Å². The van der Waals surface area contributed by atoms with Crippen molar-refractivity contribution >= 4 is 15.9 Å². The molecule has 0 bridgehead atoms. The van der Waals surface area contributed by atoms with Crippen LogP contribution < -0.4 is 5.32 Å². The van der Waals surface area contributed by atoms with Crippen molar-refractivity contribution < 1.29 is 4.39 Å². The van der Waals surface area contributed by atoms with Gasteiger partial charge in [-0.1, -0.05) is 12.1 Å². The Hall–Kier alpha value is -0.710. The van der Waals surface area contributed by atoms with E-state index in [2.05, 4.69) is 32.7 Å². The fraction of sp³-hybridized carbons (Fsp3) is 0.385. The predicted molar refractivity (Wildman–Crippen MR) is 71.5 cm³/mol. The van der Waals surface area contributed by atoms with E-state index in [1.54, 1.807) is 0 Å². The van der Waals surface area contributed by atoms with Crippen molar-refractivity contribution in [3.05, 3.63) is 46.7 Å². The highest BCUT2D eigenvalue weighted by atomic mass is 79.9. The molecule has 1 aliphatic rings. The first kappa shape index (κ1) is 12.7. The molecule has 0 aromatic heterocycles. The molecule has 2 rings (SSSR count). The number of piperazine rings is 1. The van der Waals surface area contributed by atoms with Crippen LogP contribution in [0.5, 0.6) is 0 Å². The van der Waals surface area contributed by atoms with Crippen LogP contribution in [-0.2, 0) is 0 Å². The molecule has 0 aliphatic carbocycles. The lowest BCUT2D eigenvalue weighted by Crippen LogP contribution is -2.44. The molecule has 0 spiro atoms. The largest absolute Gasteiger partial charge is 0.314 e. The zero-order chi connectivity index (χ0) is 12.3. The Bertz CT molecular complexity index is 402. The van der Waals surface area contributed by atoms with Gasteiger partial charge in [-0.05, 0) is 33.6 Å². The average Bonchev–Trinajstić information content (AvgIpc) is 2.36. The van der Waals surface area contributed by atoms with Crippen LogP contribution in [0.4, 0.5) is 4.39 Å². The first-order valence-corrected chi connectivity index (χ1v) is 6.54. The molecule has 1 aliphatic heterocycles. The summed E-state index contributed by atoms with van der Waals surface area (Å²) in [5, 5.41) is 3.32. The molecule has 1 atom stereocenters. The van der Waals surface area contributed by atoms with Gasteiger partial charge in [0.15, 0.2) is 0 Å². The summed E-state index contributed by atoms with van der Waals surface area (Å²) < 4.78 is 13.7. The van der Waals surface area contributed by atoms with Gasteiger partial charge in [0.25, 0.3) is 0 Å². The molecule has 1 aromatic carbocycles. The first-order valence-electron chi connectivity index (χ1n) is 5.74. The minimum Gasteiger partial charge on any atom is -0.314 e. The second kappa shape index (κ2) is 5.76. The molecule has 1 N–H and O–H groups in total. The van der Waals surface area contributed by atoms with Crippen molar-refractivity contribution in [2.24, 2.45) is 0 Å². The van der Waals surface area contributed by atoms with E-state index in [-0.39, 0.29) is 11.9 Å². The van der Waals surface area contributed by atoms with E-state index in [1.165, 1.54) is 6.07 Å². The lowest BCUT2D eigenvalue weighted by atomic mass is 10.0. The third-order valence-electron chi connectivity index (χ3n) is 3.05. The topological polar surface area (TPSA) is 15.3 Å². The molecule has 0 radical (unpaired) electrons. The molecule has 1 fully saturated rings. The number of hydrogen-bond acceptors (Lipinski definition) is 2. The molecule has 4 heteroatoms. The summed E-state index contributed by atoms with van der Waals surface area (Å²) in [6.07, 6.45) is 1.92. The van der Waals surface area contributed by atoms with Crippen LogP contribution in [0.3, 0.4) is 0 Å². The SMILES string of the molecule is C=C[C@@H](c1ccc(F)c(Br)c1)N1CCNCC1. The summed E-state index contributed by atoms with van der Waals surface area (Å²) >= 11 is 3.23. The normalized spacial score (nSPS) is 18.9. The Morgan fingerprint density at radius 2 is 2.12 bits per heavy atom. The Kier molecular flexibility index (Phi) is 4.31. The first-order chi connectivity index (χ1) is 8.22. The Labute approximate surface area is 110 Å². The van der Waals surface area contributed by atoms with Gasteiger partial charge in [0.05, 0.1) is 10.5 Å². The van der Waals surface area contributed by atoms with E-state index in [0.717, 1.165) is 31.7 Å². The van der Waals surface area contributed by atoms with Gasteiger partial charge in [-0.3, -0.25) is 4.90 Å². The monoisotopic (exact) mass is 298 g/mol. The lowest BCUT2D eigenvalue weighted by molar-refractivity contribution is 0.203. The van der Waals surface area contributed by atoms with Crippen molar-refractivity contribution in [3.8, 4) is 0 Å². The van der Waals surface area contributed by atoms with Crippen molar-refractivity contribution in [2.45, 2.75) is 6.04 Å². The van der Waals surface area contributed by atoms with Gasteiger partial charge in [-0.15, -0.1) is 6.58 Å². The fourth-order valence-electron chi connectivity index (χ4n) is 2.15. The zero-order valence-corrected chi connectivity index (χ0v) is 11.2. The van der Waals surface area contributed by atoms with E-state index in [9.17, 15) is 4.39 Å². The molecule has 0 saturated carbocycles. The standard InChI is InChI=1S/C13H16BrFN2/c1-2-13(17-7-5-16-6-8-17)10-3-4-12(15)11(14)9-10/h2-4,9,13,16H,1,5-8H2/t13-/m0/s1. The Morgan fingerprint density at radius 3 is 2.71 bits per heavy atom. The number of halogens is 2. The third kappa shape index (κ3) is 2.94. The highest BCUT2D eigenvalue weighted by Crippen LogP contribution is 2.26. The highest BCUT2D eigenvalue weighted by molar-refractivity contribution is 9.10. The fourth-order valence-corrected chi connectivity index (χ4v) is 2.55. The Balaban J connectivity index is 2.21. The van der Waals surface area contributed by atoms with Gasteiger partial charge in [0, 0.05) is 26.2 Å². The van der Waals surface area contributed by atoms with Crippen molar-refractivity contribution in [2.75, 3.05) is 26.2 Å². The number of nitrogens with zero attached hydrogens (tertiary/aromatic N) is 1. The molecule has 2 nitrogen and oxygen atoms in total. The lowest BCUT2D eigenvalue weighted by Gasteiger charge is -2.33. The van der Waals surface area contributed by atoms with Gasteiger partial charge in [0.2, 0.25) is 0 Å². The van der Waals surface area contributed by atoms with Crippen LogP contribution >= 0.6 is 15.9 Å². The highest BCUT2D eigenvalue weighted by Gasteiger charge is 2.19. The van der Waals surface area contributed by atoms with E-state index >= 15 is 0 Å². The molecule has 92 valence electrons. The van der Waals surface area contributed by atoms with Gasteiger partial charge in [0.1, 0.15) is 5.82 Å². The number of nitrogens with one attached hydrogen (secondary N) is 1. The van der Waals surface area contributed by atoms with Crippen LogP contribution in [0.25, 0.3) is 0 Å². The summed E-state index contributed by atoms with van der Waals surface area (Å²) in [6.45, 7) is 7.86. The molecule has 1 aromatic rings. The summed E-state index contributed by atoms with van der Waals surface area (Å²) in [5.74, 6) is -0.225. The van der Waals surface area contributed by atoms with Gasteiger partial charge >= 0.3 is 0 Å². The van der Waals surface area contributed by atoms with Gasteiger partial charge in [-0.25, -0.2) is 4.39 Å². The van der Waals surface area contributed by atoms with E-state index in [0.29, 0.717) is 4.47 Å². The molecule has 1 saturated heterocycles. The second-order valence-corrected chi connectivity index (χ2v) is 4.99.